The van der Waals surface area contributed by atoms with Gasteiger partial charge in [-0.3, -0.25) is 4.90 Å². The summed E-state index contributed by atoms with van der Waals surface area (Å²) >= 11 is 0. The molecule has 0 atom stereocenters. The van der Waals surface area contributed by atoms with Crippen LogP contribution in [0.25, 0.3) is 6.08 Å². The Bertz CT molecular complexity index is 693. The van der Waals surface area contributed by atoms with Gasteiger partial charge in [0.1, 0.15) is 0 Å². The van der Waals surface area contributed by atoms with Crippen molar-refractivity contribution in [3.05, 3.63) is 59.9 Å². The van der Waals surface area contributed by atoms with Crippen molar-refractivity contribution < 1.29 is 9.90 Å². The zero-order valence-corrected chi connectivity index (χ0v) is 13.4. The summed E-state index contributed by atoms with van der Waals surface area (Å²) in [7, 11) is 0. The van der Waals surface area contributed by atoms with Crippen LogP contribution in [0.5, 0.6) is 0 Å². The lowest BCUT2D eigenvalue weighted by Crippen LogP contribution is -2.46. The monoisotopic (exact) mass is 324 g/mol. The lowest BCUT2D eigenvalue weighted by Gasteiger charge is -2.34. The van der Waals surface area contributed by atoms with Gasteiger partial charge in [-0.1, -0.05) is 42.5 Å². The number of carbonyl (C=O) groups is 1. The second-order valence-corrected chi connectivity index (χ2v) is 5.68. The van der Waals surface area contributed by atoms with E-state index in [0.29, 0.717) is 5.95 Å². The number of carboxylic acids is 1. The normalized spacial score (nSPS) is 15.8. The summed E-state index contributed by atoms with van der Waals surface area (Å²) in [5.74, 6) is -0.406. The standard InChI is InChI=1S/C18H20N4O2/c23-17(24)16-13-19-18(20-14-16)22-11-9-21(10-12-22)8-4-7-15-5-2-1-3-6-15/h1-7,13-14H,8-12H2,(H,23,24)/b7-4+. The van der Waals surface area contributed by atoms with E-state index in [4.69, 9.17) is 5.11 Å². The minimum absolute atomic E-state index is 0.114. The SMILES string of the molecule is O=C(O)c1cnc(N2CCN(C/C=C/c3ccccc3)CC2)nc1. The number of carboxylic acid groups (broad SMARTS) is 1. The molecule has 6 nitrogen and oxygen atoms in total. The second kappa shape index (κ2) is 7.70. The molecule has 1 aliphatic heterocycles. The summed E-state index contributed by atoms with van der Waals surface area (Å²) in [4.78, 5) is 23.6. The zero-order valence-electron chi connectivity index (χ0n) is 13.4. The van der Waals surface area contributed by atoms with Crippen molar-refractivity contribution >= 4 is 18.0 Å². The summed E-state index contributed by atoms with van der Waals surface area (Å²) in [6.45, 7) is 4.46. The van der Waals surface area contributed by atoms with Crippen LogP contribution in [0, 0.1) is 0 Å². The van der Waals surface area contributed by atoms with E-state index < -0.39 is 5.97 Å². The fourth-order valence-corrected chi connectivity index (χ4v) is 2.63. The first kappa shape index (κ1) is 16.1. The van der Waals surface area contributed by atoms with E-state index in [2.05, 4.69) is 44.1 Å². The van der Waals surface area contributed by atoms with Gasteiger partial charge in [0.15, 0.2) is 0 Å². The van der Waals surface area contributed by atoms with E-state index in [1.54, 1.807) is 0 Å². The Labute approximate surface area is 141 Å². The summed E-state index contributed by atoms with van der Waals surface area (Å²) in [5.41, 5.74) is 1.33. The third-order valence-corrected chi connectivity index (χ3v) is 4.01. The molecule has 24 heavy (non-hydrogen) atoms. The molecule has 0 radical (unpaired) electrons. The van der Waals surface area contributed by atoms with Crippen molar-refractivity contribution in [2.45, 2.75) is 0 Å². The lowest BCUT2D eigenvalue weighted by molar-refractivity contribution is 0.0696. The highest BCUT2D eigenvalue weighted by molar-refractivity contribution is 5.86. The fourth-order valence-electron chi connectivity index (χ4n) is 2.63. The van der Waals surface area contributed by atoms with Gasteiger partial charge < -0.3 is 10.0 Å². The Balaban J connectivity index is 1.48. The summed E-state index contributed by atoms with van der Waals surface area (Å²) in [6.07, 6.45) is 7.04. The number of piperazine rings is 1. The van der Waals surface area contributed by atoms with Crippen LogP contribution in [0.3, 0.4) is 0 Å². The van der Waals surface area contributed by atoms with Gasteiger partial charge in [0.05, 0.1) is 5.56 Å². The number of rotatable bonds is 5. The van der Waals surface area contributed by atoms with Gasteiger partial charge in [-0.2, -0.15) is 0 Å². The molecule has 6 heteroatoms. The number of nitrogens with zero attached hydrogens (tertiary/aromatic N) is 4. The molecule has 1 aromatic heterocycles. The van der Waals surface area contributed by atoms with Gasteiger partial charge in [0.25, 0.3) is 0 Å². The highest BCUT2D eigenvalue weighted by Gasteiger charge is 2.18. The Morgan fingerprint density at radius 2 is 1.75 bits per heavy atom. The lowest BCUT2D eigenvalue weighted by atomic mass is 10.2. The first-order valence-electron chi connectivity index (χ1n) is 7.96. The molecule has 2 heterocycles. The molecule has 1 aromatic carbocycles. The molecule has 2 aromatic rings. The highest BCUT2D eigenvalue weighted by Crippen LogP contribution is 2.11. The molecule has 0 unspecified atom stereocenters. The Hall–Kier alpha value is -2.73. The van der Waals surface area contributed by atoms with Gasteiger partial charge in [-0.05, 0) is 5.56 Å². The van der Waals surface area contributed by atoms with Crippen molar-refractivity contribution in [2.75, 3.05) is 37.6 Å². The van der Waals surface area contributed by atoms with Crippen LogP contribution in [-0.4, -0.2) is 58.7 Å². The van der Waals surface area contributed by atoms with Crippen LogP contribution in [0.2, 0.25) is 0 Å². The van der Waals surface area contributed by atoms with Gasteiger partial charge in [-0.25, -0.2) is 14.8 Å². The summed E-state index contributed by atoms with van der Waals surface area (Å²) in [6, 6.07) is 10.3. The number of hydrogen-bond acceptors (Lipinski definition) is 5. The maximum Gasteiger partial charge on any atom is 0.338 e. The maximum atomic E-state index is 10.8. The molecule has 0 amide bonds. The predicted molar refractivity (Wildman–Crippen MR) is 93.1 cm³/mol. The number of benzene rings is 1. The minimum Gasteiger partial charge on any atom is -0.478 e. The first-order chi connectivity index (χ1) is 11.7. The predicted octanol–water partition coefficient (Wildman–Crippen LogP) is 2.01. The third-order valence-electron chi connectivity index (χ3n) is 4.01. The van der Waals surface area contributed by atoms with Crippen LogP contribution >= 0.6 is 0 Å². The van der Waals surface area contributed by atoms with Crippen LogP contribution in [0.4, 0.5) is 5.95 Å². The van der Waals surface area contributed by atoms with Crippen molar-refractivity contribution in [3.8, 4) is 0 Å². The molecular weight excluding hydrogens is 304 g/mol. The third kappa shape index (κ3) is 4.17. The van der Waals surface area contributed by atoms with Crippen LogP contribution in [-0.2, 0) is 0 Å². The van der Waals surface area contributed by atoms with Crippen molar-refractivity contribution in [1.29, 1.82) is 0 Å². The maximum absolute atomic E-state index is 10.8. The summed E-state index contributed by atoms with van der Waals surface area (Å²) < 4.78 is 0. The molecule has 124 valence electrons. The first-order valence-corrected chi connectivity index (χ1v) is 7.96. The van der Waals surface area contributed by atoms with Gasteiger partial charge in [0, 0.05) is 45.1 Å². The van der Waals surface area contributed by atoms with E-state index >= 15 is 0 Å². The summed E-state index contributed by atoms with van der Waals surface area (Å²) in [5, 5.41) is 8.88. The quantitative estimate of drug-likeness (QED) is 0.907. The fraction of sp³-hybridized carbons (Fsp3) is 0.278. The molecule has 0 bridgehead atoms. The van der Waals surface area contributed by atoms with Crippen molar-refractivity contribution in [1.82, 2.24) is 14.9 Å². The van der Waals surface area contributed by atoms with Crippen molar-refractivity contribution in [3.63, 3.8) is 0 Å². The zero-order chi connectivity index (χ0) is 16.8. The Kier molecular flexibility index (Phi) is 5.18. The highest BCUT2D eigenvalue weighted by atomic mass is 16.4. The second-order valence-electron chi connectivity index (χ2n) is 5.68. The van der Waals surface area contributed by atoms with Gasteiger partial charge >= 0.3 is 5.97 Å². The van der Waals surface area contributed by atoms with E-state index in [-0.39, 0.29) is 5.56 Å². The number of hydrogen-bond donors (Lipinski definition) is 1. The molecule has 3 rings (SSSR count). The minimum atomic E-state index is -1.00. The average molecular weight is 324 g/mol. The molecule has 1 aliphatic rings. The van der Waals surface area contributed by atoms with E-state index in [1.807, 2.05) is 18.2 Å². The smallest absolute Gasteiger partial charge is 0.338 e. The van der Waals surface area contributed by atoms with Crippen LogP contribution in [0.1, 0.15) is 15.9 Å². The van der Waals surface area contributed by atoms with Crippen molar-refractivity contribution in [2.24, 2.45) is 0 Å². The topological polar surface area (TPSA) is 69.6 Å². The van der Waals surface area contributed by atoms with E-state index in [0.717, 1.165) is 32.7 Å². The number of anilines is 1. The molecular formula is C18H20N4O2. The van der Waals surface area contributed by atoms with Crippen LogP contribution < -0.4 is 4.90 Å². The molecule has 1 saturated heterocycles. The number of aromatic nitrogens is 2. The van der Waals surface area contributed by atoms with E-state index in [9.17, 15) is 4.79 Å². The largest absolute Gasteiger partial charge is 0.478 e. The van der Waals surface area contributed by atoms with Gasteiger partial charge in [0.2, 0.25) is 5.95 Å². The molecule has 0 spiro atoms. The molecule has 1 N–H and O–H groups in total. The molecule has 0 saturated carbocycles. The average Bonchev–Trinajstić information content (AvgIpc) is 2.63. The van der Waals surface area contributed by atoms with Gasteiger partial charge in [-0.15, -0.1) is 0 Å². The molecule has 1 fully saturated rings. The van der Waals surface area contributed by atoms with Crippen LogP contribution in [0.15, 0.2) is 48.8 Å². The Morgan fingerprint density at radius 3 is 2.38 bits per heavy atom. The van der Waals surface area contributed by atoms with E-state index in [1.165, 1.54) is 18.0 Å². The Morgan fingerprint density at radius 1 is 1.08 bits per heavy atom. The number of aromatic carboxylic acids is 1. The molecule has 0 aliphatic carbocycles.